The van der Waals surface area contributed by atoms with E-state index in [2.05, 4.69) is 16.2 Å². The number of hydrogen-bond donors (Lipinski definition) is 3. The average molecular weight is 334 g/mol. The van der Waals surface area contributed by atoms with Crippen molar-refractivity contribution in [3.8, 4) is 0 Å². The fraction of sp³-hybridized carbons (Fsp3) is 0. The molecule has 2 aromatic rings. The lowest BCUT2D eigenvalue weighted by Crippen LogP contribution is -2.41. The smallest absolute Gasteiger partial charge is 0.269 e. The van der Waals surface area contributed by atoms with Crippen LogP contribution in [0.1, 0.15) is 10.4 Å². The largest absolute Gasteiger partial charge is 0.299 e. The predicted molar refractivity (Wildman–Crippen MR) is 86.3 cm³/mol. The van der Waals surface area contributed by atoms with Crippen molar-refractivity contribution in [2.45, 2.75) is 0 Å². The second-order valence-electron chi connectivity index (χ2n) is 4.35. The highest BCUT2D eigenvalue weighted by molar-refractivity contribution is 7.80. The maximum atomic E-state index is 13.0. The highest BCUT2D eigenvalue weighted by Crippen LogP contribution is 2.14. The van der Waals surface area contributed by atoms with Crippen molar-refractivity contribution in [2.75, 3.05) is 5.43 Å². The van der Waals surface area contributed by atoms with Crippen molar-refractivity contribution >= 4 is 34.6 Å². The molecule has 0 aromatic heterocycles. The van der Waals surface area contributed by atoms with Crippen LogP contribution >= 0.6 is 12.2 Å². The molecule has 1 amide bonds. The average Bonchev–Trinajstić information content (AvgIpc) is 2.53. The van der Waals surface area contributed by atoms with Crippen LogP contribution in [0, 0.1) is 15.9 Å². The zero-order valence-corrected chi connectivity index (χ0v) is 12.4. The Balaban J connectivity index is 1.87. The van der Waals surface area contributed by atoms with Gasteiger partial charge in [-0.1, -0.05) is 6.07 Å². The number of amides is 1. The van der Waals surface area contributed by atoms with E-state index in [-0.39, 0.29) is 16.4 Å². The first-order chi connectivity index (χ1) is 11.0. The standard InChI is InChI=1S/C14H11FN4O3S/c15-10-3-1-2-9(8-10)13(20)16-14(23)18-17-11-4-6-12(7-5-11)19(21)22/h1-8,17H,(H2,16,18,20,23). The maximum Gasteiger partial charge on any atom is 0.269 e. The van der Waals surface area contributed by atoms with Gasteiger partial charge in [-0.3, -0.25) is 31.1 Å². The summed E-state index contributed by atoms with van der Waals surface area (Å²) >= 11 is 4.92. The summed E-state index contributed by atoms with van der Waals surface area (Å²) in [6.45, 7) is 0. The Morgan fingerprint density at radius 2 is 1.87 bits per heavy atom. The molecule has 7 nitrogen and oxygen atoms in total. The Labute approximate surface area is 135 Å². The summed E-state index contributed by atoms with van der Waals surface area (Å²) in [5, 5.41) is 12.9. The second-order valence-corrected chi connectivity index (χ2v) is 4.76. The second kappa shape index (κ2) is 7.27. The van der Waals surface area contributed by atoms with Crippen LogP contribution in [-0.2, 0) is 0 Å². The Bertz CT molecular complexity index is 752. The molecule has 0 saturated heterocycles. The van der Waals surface area contributed by atoms with E-state index in [1.165, 1.54) is 42.5 Å². The van der Waals surface area contributed by atoms with Gasteiger partial charge in [0, 0.05) is 17.7 Å². The summed E-state index contributed by atoms with van der Waals surface area (Å²) in [5.41, 5.74) is 5.82. The number of hydrazine groups is 1. The molecule has 2 rings (SSSR count). The Hall–Kier alpha value is -3.07. The van der Waals surface area contributed by atoms with Gasteiger partial charge in [0.15, 0.2) is 5.11 Å². The molecule has 0 aliphatic carbocycles. The zero-order valence-electron chi connectivity index (χ0n) is 11.6. The van der Waals surface area contributed by atoms with Crippen LogP contribution < -0.4 is 16.2 Å². The zero-order chi connectivity index (χ0) is 16.8. The van der Waals surface area contributed by atoms with Gasteiger partial charge in [0.25, 0.3) is 11.6 Å². The van der Waals surface area contributed by atoms with E-state index in [4.69, 9.17) is 12.2 Å². The van der Waals surface area contributed by atoms with Crippen molar-refractivity contribution in [3.05, 3.63) is 70.0 Å². The fourth-order valence-corrected chi connectivity index (χ4v) is 1.78. The van der Waals surface area contributed by atoms with E-state index < -0.39 is 16.6 Å². The quantitative estimate of drug-likeness (QED) is 0.451. The number of halogens is 1. The summed E-state index contributed by atoms with van der Waals surface area (Å²) < 4.78 is 13.0. The molecule has 3 N–H and O–H groups in total. The van der Waals surface area contributed by atoms with Gasteiger partial charge in [-0.2, -0.15) is 0 Å². The monoisotopic (exact) mass is 334 g/mol. The summed E-state index contributed by atoms with van der Waals surface area (Å²) in [7, 11) is 0. The number of carbonyl (C=O) groups is 1. The van der Waals surface area contributed by atoms with Crippen molar-refractivity contribution in [1.29, 1.82) is 0 Å². The number of non-ortho nitro benzene ring substituents is 1. The molecule has 0 unspecified atom stereocenters. The van der Waals surface area contributed by atoms with Crippen LogP contribution in [0.15, 0.2) is 48.5 Å². The molecule has 0 spiro atoms. The highest BCUT2D eigenvalue weighted by atomic mass is 32.1. The normalized spacial score (nSPS) is 9.78. The van der Waals surface area contributed by atoms with Gasteiger partial charge >= 0.3 is 0 Å². The summed E-state index contributed by atoms with van der Waals surface area (Å²) in [4.78, 5) is 21.9. The van der Waals surface area contributed by atoms with Gasteiger partial charge in [-0.15, -0.1) is 0 Å². The number of nitrogens with one attached hydrogen (secondary N) is 3. The molecule has 0 bridgehead atoms. The molecule has 118 valence electrons. The predicted octanol–water partition coefficient (Wildman–Crippen LogP) is 2.37. The van der Waals surface area contributed by atoms with E-state index >= 15 is 0 Å². The third kappa shape index (κ3) is 4.71. The van der Waals surface area contributed by atoms with Crippen molar-refractivity contribution < 1.29 is 14.1 Å². The molecule has 0 fully saturated rings. The van der Waals surface area contributed by atoms with E-state index in [1.54, 1.807) is 0 Å². The van der Waals surface area contributed by atoms with Crippen LogP contribution in [0.25, 0.3) is 0 Å². The van der Waals surface area contributed by atoms with Gasteiger partial charge in [0.05, 0.1) is 10.6 Å². The summed E-state index contributed by atoms with van der Waals surface area (Å²) in [6.07, 6.45) is 0. The molecule has 23 heavy (non-hydrogen) atoms. The Morgan fingerprint density at radius 3 is 2.48 bits per heavy atom. The SMILES string of the molecule is O=C(NC(=S)NNc1ccc([N+](=O)[O-])cc1)c1cccc(F)c1. The van der Waals surface area contributed by atoms with Gasteiger partial charge in [-0.05, 0) is 42.5 Å². The van der Waals surface area contributed by atoms with Gasteiger partial charge in [-0.25, -0.2) is 4.39 Å². The lowest BCUT2D eigenvalue weighted by atomic mass is 10.2. The summed E-state index contributed by atoms with van der Waals surface area (Å²) in [6, 6.07) is 10.8. The van der Waals surface area contributed by atoms with Crippen LogP contribution in [0.5, 0.6) is 0 Å². The van der Waals surface area contributed by atoms with Gasteiger partial charge in [0.1, 0.15) is 5.82 Å². The number of carbonyl (C=O) groups excluding carboxylic acids is 1. The third-order valence-corrected chi connectivity index (χ3v) is 2.92. The maximum absolute atomic E-state index is 13.0. The molecular weight excluding hydrogens is 323 g/mol. The van der Waals surface area contributed by atoms with E-state index in [1.807, 2.05) is 0 Å². The molecule has 0 aliphatic rings. The number of nitro groups is 1. The van der Waals surface area contributed by atoms with Gasteiger partial charge < -0.3 is 0 Å². The summed E-state index contributed by atoms with van der Waals surface area (Å²) in [5.74, 6) is -1.09. The minimum Gasteiger partial charge on any atom is -0.299 e. The van der Waals surface area contributed by atoms with Crippen molar-refractivity contribution in [1.82, 2.24) is 10.7 Å². The lowest BCUT2D eigenvalue weighted by molar-refractivity contribution is -0.384. The molecule has 0 atom stereocenters. The molecule has 0 heterocycles. The first-order valence-electron chi connectivity index (χ1n) is 6.33. The molecule has 2 aromatic carbocycles. The van der Waals surface area contributed by atoms with Crippen LogP contribution in [0.4, 0.5) is 15.8 Å². The van der Waals surface area contributed by atoms with E-state index in [0.29, 0.717) is 5.69 Å². The number of hydrogen-bond acceptors (Lipinski definition) is 5. The molecular formula is C14H11FN4O3S. The molecule has 0 radical (unpaired) electrons. The van der Waals surface area contributed by atoms with Crippen molar-refractivity contribution in [3.63, 3.8) is 0 Å². The Morgan fingerprint density at radius 1 is 1.17 bits per heavy atom. The fourth-order valence-electron chi connectivity index (χ4n) is 1.63. The third-order valence-electron chi connectivity index (χ3n) is 2.71. The molecule has 0 saturated carbocycles. The van der Waals surface area contributed by atoms with Crippen molar-refractivity contribution in [2.24, 2.45) is 0 Å². The number of rotatable bonds is 4. The minimum atomic E-state index is -0.563. The number of nitrogens with zero attached hydrogens (tertiary/aromatic N) is 1. The Kier molecular flexibility index (Phi) is 5.15. The van der Waals surface area contributed by atoms with E-state index in [0.717, 1.165) is 6.07 Å². The number of thiocarbonyl (C=S) groups is 1. The number of anilines is 1. The topological polar surface area (TPSA) is 96.3 Å². The number of nitro benzene ring substituents is 1. The minimum absolute atomic E-state index is 0.0300. The molecule has 0 aliphatic heterocycles. The lowest BCUT2D eigenvalue weighted by Gasteiger charge is -2.11. The van der Waals surface area contributed by atoms with Gasteiger partial charge in [0.2, 0.25) is 0 Å². The first-order valence-corrected chi connectivity index (χ1v) is 6.74. The molecule has 9 heteroatoms. The van der Waals surface area contributed by atoms with E-state index in [9.17, 15) is 19.3 Å². The van der Waals surface area contributed by atoms with Crippen LogP contribution in [0.2, 0.25) is 0 Å². The highest BCUT2D eigenvalue weighted by Gasteiger charge is 2.08. The van der Waals surface area contributed by atoms with Crippen LogP contribution in [0.3, 0.4) is 0 Å². The number of benzene rings is 2. The van der Waals surface area contributed by atoms with Crippen LogP contribution in [-0.4, -0.2) is 15.9 Å². The first kappa shape index (κ1) is 16.3.